The van der Waals surface area contributed by atoms with Crippen LogP contribution in [0.2, 0.25) is 0 Å². The van der Waals surface area contributed by atoms with Gasteiger partial charge in [-0.1, -0.05) is 19.9 Å². The summed E-state index contributed by atoms with van der Waals surface area (Å²) < 4.78 is 6.28. The van der Waals surface area contributed by atoms with E-state index in [0.717, 1.165) is 31.4 Å². The summed E-state index contributed by atoms with van der Waals surface area (Å²) in [5, 5.41) is 0. The third-order valence-corrected chi connectivity index (χ3v) is 7.16. The Morgan fingerprint density at radius 2 is 2.21 bits per heavy atom. The number of benzene rings is 1. The molecule has 1 aromatic rings. The van der Waals surface area contributed by atoms with Crippen LogP contribution in [0.15, 0.2) is 12.1 Å². The monoisotopic (exact) mass is 385 g/mol. The summed E-state index contributed by atoms with van der Waals surface area (Å²) in [6, 6.07) is 4.22. The number of Topliss-reactive ketones (excluding diaryl/α,β-unsaturated/α-hetero) is 1. The Balaban J connectivity index is 1.58. The molecule has 0 N–H and O–H groups in total. The first kappa shape index (κ1) is 18.1. The van der Waals surface area contributed by atoms with Crippen molar-refractivity contribution in [2.24, 2.45) is 11.8 Å². The van der Waals surface area contributed by atoms with Gasteiger partial charge in [0.15, 0.2) is 11.9 Å². The molecule has 1 aromatic carbocycles. The topological polar surface area (TPSA) is 65.1 Å². The van der Waals surface area contributed by atoms with E-state index in [0.29, 0.717) is 36.3 Å². The van der Waals surface area contributed by atoms with Crippen LogP contribution in [0, 0.1) is 11.8 Å². The van der Waals surface area contributed by atoms with E-state index in [-0.39, 0.29) is 17.1 Å². The predicted molar refractivity (Wildman–Crippen MR) is 101 cm³/mol. The van der Waals surface area contributed by atoms with E-state index >= 15 is 0 Å². The zero-order valence-electron chi connectivity index (χ0n) is 16.7. The van der Waals surface area contributed by atoms with Crippen molar-refractivity contribution in [3.63, 3.8) is 0 Å². The largest absolute Gasteiger partial charge is 0.480 e. The van der Waals surface area contributed by atoms with Gasteiger partial charge in [-0.2, -0.15) is 4.89 Å². The van der Waals surface area contributed by atoms with Crippen LogP contribution < -0.4 is 4.74 Å². The Morgan fingerprint density at radius 1 is 1.39 bits per heavy atom. The fraction of sp³-hybridized carbons (Fsp3) is 0.636. The molecule has 5 rings (SSSR count). The van der Waals surface area contributed by atoms with Crippen LogP contribution in [0.4, 0.5) is 0 Å². The molecule has 2 fully saturated rings. The van der Waals surface area contributed by atoms with Gasteiger partial charge in [0.2, 0.25) is 0 Å². The summed E-state index contributed by atoms with van der Waals surface area (Å²) in [6.07, 6.45) is 2.82. The fourth-order valence-corrected chi connectivity index (χ4v) is 5.96. The van der Waals surface area contributed by atoms with Crippen LogP contribution in [0.25, 0.3) is 0 Å². The number of likely N-dealkylation sites (tertiary alicyclic amines) is 1. The highest BCUT2D eigenvalue weighted by Gasteiger charge is 2.65. The molecule has 2 heterocycles. The molecule has 1 spiro atoms. The molecule has 1 saturated heterocycles. The number of ether oxygens (including phenoxy) is 1. The number of likely N-dealkylation sites (N-methyl/N-ethyl adjacent to an activating group) is 1. The second-order valence-corrected chi connectivity index (χ2v) is 9.18. The van der Waals surface area contributed by atoms with Gasteiger partial charge in [-0.25, -0.2) is 4.79 Å². The average Bonchev–Trinajstić information content (AvgIpc) is 3.01. The second kappa shape index (κ2) is 6.29. The van der Waals surface area contributed by atoms with Crippen LogP contribution in [0.1, 0.15) is 54.6 Å². The van der Waals surface area contributed by atoms with Gasteiger partial charge in [0.1, 0.15) is 11.3 Å². The maximum absolute atomic E-state index is 12.9. The van der Waals surface area contributed by atoms with E-state index in [1.165, 1.54) is 5.56 Å². The van der Waals surface area contributed by atoms with Gasteiger partial charge in [0.05, 0.1) is 6.61 Å². The molecule has 4 aliphatic rings. The molecule has 2 aliphatic carbocycles. The minimum atomic E-state index is -0.549. The molecule has 1 saturated carbocycles. The third kappa shape index (κ3) is 2.34. The molecule has 6 nitrogen and oxygen atoms in total. The summed E-state index contributed by atoms with van der Waals surface area (Å²) in [6.45, 7) is 5.26. The van der Waals surface area contributed by atoms with Crippen molar-refractivity contribution in [2.45, 2.75) is 57.1 Å². The van der Waals surface area contributed by atoms with Gasteiger partial charge in [-0.15, -0.1) is 0 Å². The molecular weight excluding hydrogens is 358 g/mol. The number of carbonyl (C=O) groups is 2. The van der Waals surface area contributed by atoms with Gasteiger partial charge < -0.3 is 9.64 Å². The number of hydrogen-bond donors (Lipinski definition) is 0. The van der Waals surface area contributed by atoms with Crippen molar-refractivity contribution in [1.29, 1.82) is 0 Å². The number of hydrogen-bond acceptors (Lipinski definition) is 6. The third-order valence-electron chi connectivity index (χ3n) is 7.16. The molecule has 2 bridgehead atoms. The lowest BCUT2D eigenvalue weighted by Gasteiger charge is -2.57. The highest BCUT2D eigenvalue weighted by Crippen LogP contribution is 2.62. The number of nitrogens with zero attached hydrogens (tertiary/aromatic N) is 1. The van der Waals surface area contributed by atoms with Gasteiger partial charge in [-0.3, -0.25) is 9.68 Å². The zero-order valence-corrected chi connectivity index (χ0v) is 16.7. The SMILES string of the molecule is CC(C)COOC(=O)c1ccc2c3c1O[C@H]1C(=O)CC[C@H]4[C@@H](C2)N(C)CC[C@]314. The maximum Gasteiger partial charge on any atom is 0.376 e. The zero-order chi connectivity index (χ0) is 19.6. The molecule has 150 valence electrons. The summed E-state index contributed by atoms with van der Waals surface area (Å²) in [4.78, 5) is 38.1. The van der Waals surface area contributed by atoms with Crippen LogP contribution in [-0.2, 0) is 26.4 Å². The van der Waals surface area contributed by atoms with E-state index in [4.69, 9.17) is 14.5 Å². The summed E-state index contributed by atoms with van der Waals surface area (Å²) in [7, 11) is 2.18. The lowest BCUT2D eigenvalue weighted by atomic mass is 9.51. The first-order valence-electron chi connectivity index (χ1n) is 10.3. The van der Waals surface area contributed by atoms with Crippen molar-refractivity contribution < 1.29 is 24.1 Å². The van der Waals surface area contributed by atoms with Gasteiger partial charge in [0.25, 0.3) is 0 Å². The molecule has 0 radical (unpaired) electrons. The van der Waals surface area contributed by atoms with Crippen LogP contribution >= 0.6 is 0 Å². The summed E-state index contributed by atoms with van der Waals surface area (Å²) in [5.74, 6) is 0.834. The van der Waals surface area contributed by atoms with Crippen LogP contribution in [0.3, 0.4) is 0 Å². The number of piperidine rings is 1. The molecular formula is C22H27NO5. The minimum Gasteiger partial charge on any atom is -0.480 e. The Bertz CT molecular complexity index is 850. The van der Waals surface area contributed by atoms with Gasteiger partial charge in [0, 0.05) is 23.4 Å². The Labute approximate surface area is 165 Å². The van der Waals surface area contributed by atoms with Crippen molar-refractivity contribution >= 4 is 11.8 Å². The van der Waals surface area contributed by atoms with Crippen LogP contribution in [-0.4, -0.2) is 49.0 Å². The van der Waals surface area contributed by atoms with Crippen LogP contribution in [0.5, 0.6) is 5.75 Å². The average molecular weight is 385 g/mol. The number of ketones is 1. The molecule has 0 unspecified atom stereocenters. The van der Waals surface area contributed by atoms with Gasteiger partial charge >= 0.3 is 5.97 Å². The smallest absolute Gasteiger partial charge is 0.376 e. The number of rotatable bonds is 4. The molecule has 0 amide bonds. The normalized spacial score (nSPS) is 32.9. The lowest BCUT2D eigenvalue weighted by Crippen LogP contribution is -2.65. The molecule has 6 heteroatoms. The standard InChI is InChI=1S/C22H27NO5/c1-12(2)11-26-28-21(25)14-5-4-13-10-16-15-6-7-17(24)20-22(15,8-9-23(16)3)18(13)19(14)27-20/h4-5,12,15-16,20H,6-11H2,1-3H3/t15-,16+,20-,22-/m0/s1. The van der Waals surface area contributed by atoms with Crippen molar-refractivity contribution in [2.75, 3.05) is 20.2 Å². The van der Waals surface area contributed by atoms with Crippen molar-refractivity contribution in [3.8, 4) is 5.75 Å². The lowest BCUT2D eigenvalue weighted by molar-refractivity contribution is -0.247. The Morgan fingerprint density at radius 3 is 3.00 bits per heavy atom. The first-order valence-corrected chi connectivity index (χ1v) is 10.3. The highest BCUT2D eigenvalue weighted by atomic mass is 17.2. The highest BCUT2D eigenvalue weighted by molar-refractivity contribution is 5.96. The summed E-state index contributed by atoms with van der Waals surface area (Å²) in [5.41, 5.74) is 2.39. The predicted octanol–water partition coefficient (Wildman–Crippen LogP) is 2.67. The summed E-state index contributed by atoms with van der Waals surface area (Å²) >= 11 is 0. The molecule has 4 atom stereocenters. The van der Waals surface area contributed by atoms with Crippen molar-refractivity contribution in [1.82, 2.24) is 4.90 Å². The quantitative estimate of drug-likeness (QED) is 0.587. The minimum absolute atomic E-state index is 0.166. The molecule has 2 aliphatic heterocycles. The van der Waals surface area contributed by atoms with Crippen molar-refractivity contribution in [3.05, 3.63) is 28.8 Å². The van der Waals surface area contributed by atoms with E-state index < -0.39 is 12.1 Å². The first-order chi connectivity index (χ1) is 13.4. The number of carbonyl (C=O) groups excluding carboxylic acids is 2. The maximum atomic E-state index is 12.9. The second-order valence-electron chi connectivity index (χ2n) is 9.18. The molecule has 0 aromatic heterocycles. The fourth-order valence-electron chi connectivity index (χ4n) is 5.96. The van der Waals surface area contributed by atoms with E-state index in [1.807, 2.05) is 19.9 Å². The Hall–Kier alpha value is -1.92. The molecule has 28 heavy (non-hydrogen) atoms. The van der Waals surface area contributed by atoms with E-state index in [9.17, 15) is 9.59 Å². The van der Waals surface area contributed by atoms with Gasteiger partial charge in [-0.05, 0) is 56.3 Å². The van der Waals surface area contributed by atoms with E-state index in [1.54, 1.807) is 6.07 Å². The Kier molecular flexibility index (Phi) is 4.07. The van der Waals surface area contributed by atoms with E-state index in [2.05, 4.69) is 11.9 Å².